The third kappa shape index (κ3) is 3.57. The number of amides is 1. The standard InChI is InChI=1S/C21H24N2O4/c1-12-8-15-14(20(2,3)11-27-21(15,4)5)9-17(12)23-18(24)16-7-6-13(10-22-16)19(25)26/h6-10H,11H2,1-5H3,(H,23,24)(H,25,26). The first-order valence-corrected chi connectivity index (χ1v) is 8.81. The molecule has 1 aliphatic heterocycles. The van der Waals surface area contributed by atoms with Gasteiger partial charge >= 0.3 is 5.97 Å². The van der Waals surface area contributed by atoms with E-state index < -0.39 is 5.97 Å². The van der Waals surface area contributed by atoms with E-state index in [1.807, 2.05) is 26.8 Å². The van der Waals surface area contributed by atoms with Crippen molar-refractivity contribution in [2.45, 2.75) is 45.6 Å². The number of carboxylic acid groups (broad SMARTS) is 1. The van der Waals surface area contributed by atoms with Crippen molar-refractivity contribution in [3.8, 4) is 0 Å². The van der Waals surface area contributed by atoms with Gasteiger partial charge in [0.05, 0.1) is 17.8 Å². The van der Waals surface area contributed by atoms with Gasteiger partial charge in [-0.05, 0) is 55.7 Å². The molecule has 1 aliphatic rings. The maximum absolute atomic E-state index is 12.6. The van der Waals surface area contributed by atoms with E-state index in [0.29, 0.717) is 12.3 Å². The van der Waals surface area contributed by atoms with Crippen molar-refractivity contribution in [3.05, 3.63) is 58.4 Å². The van der Waals surface area contributed by atoms with Gasteiger partial charge in [-0.2, -0.15) is 0 Å². The first kappa shape index (κ1) is 19.0. The Morgan fingerprint density at radius 1 is 1.15 bits per heavy atom. The van der Waals surface area contributed by atoms with Gasteiger partial charge in [-0.1, -0.05) is 19.9 Å². The zero-order chi connectivity index (χ0) is 20.0. The molecule has 27 heavy (non-hydrogen) atoms. The number of nitrogens with zero attached hydrogens (tertiary/aromatic N) is 1. The number of fused-ring (bicyclic) bond motifs is 1. The number of carboxylic acids is 1. The Morgan fingerprint density at radius 3 is 2.44 bits per heavy atom. The molecule has 6 heteroatoms. The summed E-state index contributed by atoms with van der Waals surface area (Å²) in [6, 6.07) is 6.85. The highest BCUT2D eigenvalue weighted by molar-refractivity contribution is 6.03. The number of benzene rings is 1. The number of rotatable bonds is 3. The highest BCUT2D eigenvalue weighted by Crippen LogP contribution is 2.43. The zero-order valence-electron chi connectivity index (χ0n) is 16.2. The van der Waals surface area contributed by atoms with Gasteiger partial charge in [-0.25, -0.2) is 4.79 Å². The Balaban J connectivity index is 1.94. The normalized spacial score (nSPS) is 17.1. The van der Waals surface area contributed by atoms with E-state index in [-0.39, 0.29) is 28.2 Å². The van der Waals surface area contributed by atoms with Crippen molar-refractivity contribution in [2.75, 3.05) is 11.9 Å². The maximum atomic E-state index is 12.6. The SMILES string of the molecule is Cc1cc2c(cc1NC(=O)c1ccc(C(=O)O)cn1)C(C)(C)COC2(C)C. The van der Waals surface area contributed by atoms with Gasteiger partial charge in [0.15, 0.2) is 0 Å². The molecule has 2 aromatic rings. The number of nitrogens with one attached hydrogen (secondary N) is 1. The molecule has 0 saturated carbocycles. The Bertz CT molecular complexity index is 915. The summed E-state index contributed by atoms with van der Waals surface area (Å²) in [4.78, 5) is 27.4. The fraction of sp³-hybridized carbons (Fsp3) is 0.381. The number of carbonyl (C=O) groups excluding carboxylic acids is 1. The Morgan fingerprint density at radius 2 is 1.85 bits per heavy atom. The molecule has 0 saturated heterocycles. The second kappa shape index (κ2) is 6.46. The fourth-order valence-corrected chi connectivity index (χ4v) is 3.26. The molecule has 1 aromatic carbocycles. The number of aromatic nitrogens is 1. The molecular formula is C21H24N2O4. The predicted octanol–water partition coefficient (Wildman–Crippen LogP) is 3.88. The average molecular weight is 368 g/mol. The van der Waals surface area contributed by atoms with E-state index >= 15 is 0 Å². The van der Waals surface area contributed by atoms with Gasteiger partial charge in [0.1, 0.15) is 5.69 Å². The molecule has 0 spiro atoms. The molecule has 0 bridgehead atoms. The Kier molecular flexibility index (Phi) is 4.56. The van der Waals surface area contributed by atoms with Crippen molar-refractivity contribution < 1.29 is 19.4 Å². The number of anilines is 1. The zero-order valence-corrected chi connectivity index (χ0v) is 16.2. The van der Waals surface area contributed by atoms with Crippen LogP contribution in [0.1, 0.15) is 65.2 Å². The van der Waals surface area contributed by atoms with E-state index in [2.05, 4.69) is 30.2 Å². The summed E-state index contributed by atoms with van der Waals surface area (Å²) in [5.41, 5.74) is 3.58. The molecule has 6 nitrogen and oxygen atoms in total. The first-order chi connectivity index (χ1) is 12.5. The largest absolute Gasteiger partial charge is 0.478 e. The average Bonchev–Trinajstić information content (AvgIpc) is 2.60. The summed E-state index contributed by atoms with van der Waals surface area (Å²) in [5.74, 6) is -1.45. The summed E-state index contributed by atoms with van der Waals surface area (Å²) in [6.07, 6.45) is 1.18. The quantitative estimate of drug-likeness (QED) is 0.858. The van der Waals surface area contributed by atoms with Gasteiger partial charge in [-0.15, -0.1) is 0 Å². The number of hydrogen-bond donors (Lipinski definition) is 2. The van der Waals surface area contributed by atoms with Crippen molar-refractivity contribution in [1.29, 1.82) is 0 Å². The van der Waals surface area contributed by atoms with Gasteiger partial charge in [0, 0.05) is 17.3 Å². The molecule has 0 fully saturated rings. The second-order valence-electron chi connectivity index (χ2n) is 8.09. The summed E-state index contributed by atoms with van der Waals surface area (Å²) >= 11 is 0. The van der Waals surface area contributed by atoms with Crippen LogP contribution >= 0.6 is 0 Å². The molecule has 1 amide bonds. The molecule has 1 aromatic heterocycles. The van der Waals surface area contributed by atoms with Gasteiger partial charge in [0.25, 0.3) is 5.91 Å². The Labute approximate surface area is 158 Å². The third-order valence-electron chi connectivity index (χ3n) is 5.03. The summed E-state index contributed by atoms with van der Waals surface area (Å²) < 4.78 is 6.04. The van der Waals surface area contributed by atoms with Crippen LogP contribution in [-0.2, 0) is 15.8 Å². The number of ether oxygens (including phenoxy) is 1. The molecule has 2 N–H and O–H groups in total. The molecule has 142 valence electrons. The molecule has 2 heterocycles. The molecule has 0 aliphatic carbocycles. The summed E-state index contributed by atoms with van der Waals surface area (Å²) in [5, 5.41) is 11.8. The molecule has 0 atom stereocenters. The summed E-state index contributed by atoms with van der Waals surface area (Å²) in [7, 11) is 0. The van der Waals surface area contributed by atoms with E-state index in [1.54, 1.807) is 0 Å². The minimum Gasteiger partial charge on any atom is -0.478 e. The summed E-state index contributed by atoms with van der Waals surface area (Å²) in [6.45, 7) is 10.9. The van der Waals surface area contributed by atoms with Crippen LogP contribution in [0, 0.1) is 6.92 Å². The van der Waals surface area contributed by atoms with Crippen LogP contribution in [0.5, 0.6) is 0 Å². The minimum atomic E-state index is -1.08. The second-order valence-corrected chi connectivity index (χ2v) is 8.09. The van der Waals surface area contributed by atoms with E-state index in [1.165, 1.54) is 18.3 Å². The molecule has 0 unspecified atom stereocenters. The fourth-order valence-electron chi connectivity index (χ4n) is 3.26. The van der Waals surface area contributed by atoms with E-state index in [4.69, 9.17) is 9.84 Å². The third-order valence-corrected chi connectivity index (χ3v) is 5.03. The molecule has 0 radical (unpaired) electrons. The number of carbonyl (C=O) groups is 2. The van der Waals surface area contributed by atoms with Crippen LogP contribution < -0.4 is 5.32 Å². The lowest BCUT2D eigenvalue weighted by molar-refractivity contribution is -0.0587. The van der Waals surface area contributed by atoms with Gasteiger partial charge in [-0.3, -0.25) is 9.78 Å². The minimum absolute atomic E-state index is 0.0421. The molecule has 3 rings (SSSR count). The predicted molar refractivity (Wildman–Crippen MR) is 102 cm³/mol. The topological polar surface area (TPSA) is 88.5 Å². The number of pyridine rings is 1. The molecular weight excluding hydrogens is 344 g/mol. The Hall–Kier alpha value is -2.73. The highest BCUT2D eigenvalue weighted by atomic mass is 16.5. The smallest absolute Gasteiger partial charge is 0.337 e. The lowest BCUT2D eigenvalue weighted by Gasteiger charge is -2.42. The van der Waals surface area contributed by atoms with Crippen LogP contribution in [0.4, 0.5) is 5.69 Å². The number of aryl methyl sites for hydroxylation is 1. The monoisotopic (exact) mass is 368 g/mol. The van der Waals surface area contributed by atoms with Gasteiger partial charge in [0.2, 0.25) is 0 Å². The van der Waals surface area contributed by atoms with Crippen LogP contribution in [0.2, 0.25) is 0 Å². The first-order valence-electron chi connectivity index (χ1n) is 8.81. The van der Waals surface area contributed by atoms with Crippen molar-refractivity contribution in [1.82, 2.24) is 4.98 Å². The van der Waals surface area contributed by atoms with E-state index in [0.717, 1.165) is 16.7 Å². The van der Waals surface area contributed by atoms with Crippen molar-refractivity contribution in [2.24, 2.45) is 0 Å². The van der Waals surface area contributed by atoms with Crippen LogP contribution in [0.15, 0.2) is 30.5 Å². The van der Waals surface area contributed by atoms with Crippen LogP contribution in [-0.4, -0.2) is 28.6 Å². The van der Waals surface area contributed by atoms with Crippen LogP contribution in [0.25, 0.3) is 0 Å². The number of aromatic carboxylic acids is 1. The van der Waals surface area contributed by atoms with Crippen molar-refractivity contribution in [3.63, 3.8) is 0 Å². The van der Waals surface area contributed by atoms with Crippen LogP contribution in [0.3, 0.4) is 0 Å². The lowest BCUT2D eigenvalue weighted by Crippen LogP contribution is -2.40. The lowest BCUT2D eigenvalue weighted by atomic mass is 9.75. The maximum Gasteiger partial charge on any atom is 0.337 e. The van der Waals surface area contributed by atoms with Gasteiger partial charge < -0.3 is 15.2 Å². The number of hydrogen-bond acceptors (Lipinski definition) is 4. The highest BCUT2D eigenvalue weighted by Gasteiger charge is 2.38. The van der Waals surface area contributed by atoms with E-state index in [9.17, 15) is 9.59 Å². The van der Waals surface area contributed by atoms with Crippen molar-refractivity contribution >= 4 is 17.6 Å².